The molecule has 1 rings (SSSR count). The molecule has 1 aromatic carbocycles. The predicted octanol–water partition coefficient (Wildman–Crippen LogP) is 2.65. The maximum atomic E-state index is 11.5. The number of ether oxygens (including phenoxy) is 1. The number of benzene rings is 1. The van der Waals surface area contributed by atoms with Crippen LogP contribution in [-0.2, 0) is 9.53 Å². The number of hydrogen-bond acceptors (Lipinski definition) is 5. The molecule has 0 aliphatic carbocycles. The molecule has 0 amide bonds. The molecule has 0 aromatic heterocycles. The van der Waals surface area contributed by atoms with Crippen LogP contribution in [0.2, 0.25) is 0 Å². The van der Waals surface area contributed by atoms with Crippen molar-refractivity contribution >= 4 is 22.7 Å². The van der Waals surface area contributed by atoms with E-state index in [4.69, 9.17) is 4.74 Å². The van der Waals surface area contributed by atoms with Gasteiger partial charge in [-0.3, -0.25) is 14.9 Å². The normalized spacial score (nSPS) is 10.1. The third-order valence-corrected chi connectivity index (χ3v) is 2.75. The zero-order valence-electron chi connectivity index (χ0n) is 11.6. The average molecular weight is 278 g/mol. The monoisotopic (exact) mass is 278 g/mol. The molecule has 0 bridgehead atoms. The summed E-state index contributed by atoms with van der Waals surface area (Å²) in [5, 5.41) is 13.8. The molecule has 0 saturated carbocycles. The minimum absolute atomic E-state index is 0.0383. The van der Waals surface area contributed by atoms with Crippen LogP contribution in [-0.4, -0.2) is 31.0 Å². The lowest BCUT2D eigenvalue weighted by molar-refractivity contribution is -0.384. The highest BCUT2D eigenvalue weighted by atomic mass is 16.6. The number of allylic oxidation sites excluding steroid dienone is 1. The zero-order valence-corrected chi connectivity index (χ0v) is 11.6. The van der Waals surface area contributed by atoms with Crippen LogP contribution < -0.4 is 5.32 Å². The van der Waals surface area contributed by atoms with E-state index < -0.39 is 4.92 Å². The smallest absolute Gasteiger partial charge is 0.292 e. The van der Waals surface area contributed by atoms with E-state index in [1.54, 1.807) is 19.1 Å². The van der Waals surface area contributed by atoms with Gasteiger partial charge < -0.3 is 10.1 Å². The van der Waals surface area contributed by atoms with Gasteiger partial charge in [-0.05, 0) is 18.6 Å². The second-order valence-corrected chi connectivity index (χ2v) is 4.40. The van der Waals surface area contributed by atoms with Crippen molar-refractivity contribution in [1.29, 1.82) is 0 Å². The number of Topliss-reactive ketones (excluding diaryl/α,β-unsaturated/α-hetero) is 1. The van der Waals surface area contributed by atoms with Crippen LogP contribution in [0.25, 0.3) is 5.57 Å². The first-order valence-electron chi connectivity index (χ1n) is 6.14. The molecule has 0 spiro atoms. The summed E-state index contributed by atoms with van der Waals surface area (Å²) in [5.41, 5.74) is 1.71. The first kappa shape index (κ1) is 15.8. The Bertz CT molecular complexity index is 526. The summed E-state index contributed by atoms with van der Waals surface area (Å²) < 4.78 is 4.80. The van der Waals surface area contributed by atoms with Crippen molar-refractivity contribution in [3.8, 4) is 0 Å². The van der Waals surface area contributed by atoms with E-state index in [2.05, 4.69) is 11.9 Å². The lowest BCUT2D eigenvalue weighted by Crippen LogP contribution is -2.16. The highest BCUT2D eigenvalue weighted by molar-refractivity contribution is 5.84. The number of nitrogens with one attached hydrogen (secondary N) is 1. The third-order valence-electron chi connectivity index (χ3n) is 2.75. The quantitative estimate of drug-likeness (QED) is 0.584. The maximum absolute atomic E-state index is 11.5. The summed E-state index contributed by atoms with van der Waals surface area (Å²) in [5.74, 6) is -0.0647. The third kappa shape index (κ3) is 4.47. The van der Waals surface area contributed by atoms with E-state index in [0.717, 1.165) is 5.57 Å². The molecule has 6 nitrogen and oxygen atoms in total. The summed E-state index contributed by atoms with van der Waals surface area (Å²) in [6.45, 7) is 5.91. The van der Waals surface area contributed by atoms with Gasteiger partial charge in [0.05, 0.1) is 18.1 Å². The molecule has 108 valence electrons. The van der Waals surface area contributed by atoms with E-state index in [1.165, 1.54) is 13.2 Å². The minimum Gasteiger partial charge on any atom is -0.384 e. The molecule has 1 N–H and O–H groups in total. The Morgan fingerprint density at radius 2 is 2.20 bits per heavy atom. The van der Waals surface area contributed by atoms with Gasteiger partial charge in [0, 0.05) is 19.6 Å². The maximum Gasteiger partial charge on any atom is 0.292 e. The lowest BCUT2D eigenvalue weighted by atomic mass is 10.1. The molecule has 0 aliphatic heterocycles. The van der Waals surface area contributed by atoms with Crippen molar-refractivity contribution in [1.82, 2.24) is 0 Å². The van der Waals surface area contributed by atoms with Crippen LogP contribution in [0, 0.1) is 10.1 Å². The fourth-order valence-corrected chi connectivity index (χ4v) is 1.60. The molecule has 0 heterocycles. The SMILES string of the molecule is C=C(C)c1ccc(NCC(=O)CCOC)c([N+](=O)[O-])c1. The second kappa shape index (κ2) is 7.40. The standard InChI is InChI=1S/C14H18N2O4/c1-10(2)11-4-5-13(14(8-11)16(18)19)15-9-12(17)6-7-20-3/h4-5,8,15H,1,6-7,9H2,2-3H3. The number of nitro groups is 1. The van der Waals surface area contributed by atoms with Crippen molar-refractivity contribution in [2.75, 3.05) is 25.6 Å². The van der Waals surface area contributed by atoms with E-state index in [9.17, 15) is 14.9 Å². The summed E-state index contributed by atoms with van der Waals surface area (Å²) in [4.78, 5) is 22.1. The van der Waals surface area contributed by atoms with E-state index >= 15 is 0 Å². The molecule has 0 fully saturated rings. The molecular weight excluding hydrogens is 260 g/mol. The number of nitro benzene ring substituents is 1. The topological polar surface area (TPSA) is 81.5 Å². The number of anilines is 1. The number of nitrogens with zero attached hydrogens (tertiary/aromatic N) is 1. The Balaban J connectivity index is 2.81. The minimum atomic E-state index is -0.478. The number of carbonyl (C=O) groups excluding carboxylic acids is 1. The van der Waals surface area contributed by atoms with Gasteiger partial charge >= 0.3 is 0 Å². The van der Waals surface area contributed by atoms with Crippen molar-refractivity contribution in [3.63, 3.8) is 0 Å². The first-order chi connectivity index (χ1) is 9.45. The summed E-state index contributed by atoms with van der Waals surface area (Å²) in [6, 6.07) is 4.77. The number of rotatable bonds is 8. The van der Waals surface area contributed by atoms with Crippen molar-refractivity contribution in [2.24, 2.45) is 0 Å². The molecule has 0 aliphatic rings. The molecule has 1 aromatic rings. The van der Waals surface area contributed by atoms with Gasteiger partial charge in [0.1, 0.15) is 5.69 Å². The molecule has 0 unspecified atom stereocenters. The number of ketones is 1. The highest BCUT2D eigenvalue weighted by Gasteiger charge is 2.15. The van der Waals surface area contributed by atoms with E-state index in [1.807, 2.05) is 0 Å². The fourth-order valence-electron chi connectivity index (χ4n) is 1.60. The van der Waals surface area contributed by atoms with Crippen molar-refractivity contribution < 1.29 is 14.5 Å². The van der Waals surface area contributed by atoms with Crippen molar-refractivity contribution in [3.05, 3.63) is 40.5 Å². The summed E-state index contributed by atoms with van der Waals surface area (Å²) >= 11 is 0. The van der Waals surface area contributed by atoms with Gasteiger partial charge in [0.25, 0.3) is 5.69 Å². The van der Waals surface area contributed by atoms with Gasteiger partial charge in [-0.1, -0.05) is 18.2 Å². The zero-order chi connectivity index (χ0) is 15.1. The molecule has 20 heavy (non-hydrogen) atoms. The Kier molecular flexibility index (Phi) is 5.86. The summed E-state index contributed by atoms with van der Waals surface area (Å²) in [6.07, 6.45) is 0.279. The van der Waals surface area contributed by atoms with E-state index in [-0.39, 0.29) is 24.4 Å². The number of methoxy groups -OCH3 is 1. The largest absolute Gasteiger partial charge is 0.384 e. The van der Waals surface area contributed by atoms with Gasteiger partial charge in [-0.15, -0.1) is 0 Å². The van der Waals surface area contributed by atoms with Crippen molar-refractivity contribution in [2.45, 2.75) is 13.3 Å². The van der Waals surface area contributed by atoms with Crippen LogP contribution in [0.5, 0.6) is 0 Å². The molecular formula is C14H18N2O4. The molecule has 0 radical (unpaired) electrons. The van der Waals surface area contributed by atoms with Crippen LogP contribution in [0.4, 0.5) is 11.4 Å². The molecule has 6 heteroatoms. The Labute approximate surface area is 117 Å². The Morgan fingerprint density at radius 3 is 2.75 bits per heavy atom. The van der Waals surface area contributed by atoms with Gasteiger partial charge in [-0.25, -0.2) is 0 Å². The highest BCUT2D eigenvalue weighted by Crippen LogP contribution is 2.27. The van der Waals surface area contributed by atoms with Crippen LogP contribution >= 0.6 is 0 Å². The fraction of sp³-hybridized carbons (Fsp3) is 0.357. The van der Waals surface area contributed by atoms with Crippen LogP contribution in [0.1, 0.15) is 18.9 Å². The number of hydrogen-bond donors (Lipinski definition) is 1. The first-order valence-corrected chi connectivity index (χ1v) is 6.14. The molecule has 0 atom stereocenters. The summed E-state index contributed by atoms with van der Waals surface area (Å²) in [7, 11) is 1.52. The second-order valence-electron chi connectivity index (χ2n) is 4.40. The average Bonchev–Trinajstić information content (AvgIpc) is 2.42. The van der Waals surface area contributed by atoms with Crippen LogP contribution in [0.15, 0.2) is 24.8 Å². The van der Waals surface area contributed by atoms with E-state index in [0.29, 0.717) is 17.9 Å². The predicted molar refractivity (Wildman–Crippen MR) is 77.8 cm³/mol. The lowest BCUT2D eigenvalue weighted by Gasteiger charge is -2.08. The van der Waals surface area contributed by atoms with Gasteiger partial charge in [0.15, 0.2) is 5.78 Å². The van der Waals surface area contributed by atoms with Gasteiger partial charge in [0.2, 0.25) is 0 Å². The van der Waals surface area contributed by atoms with Gasteiger partial charge in [-0.2, -0.15) is 0 Å². The molecule has 0 saturated heterocycles. The Hall–Kier alpha value is -2.21. The Morgan fingerprint density at radius 1 is 1.50 bits per heavy atom. The number of carbonyl (C=O) groups is 1. The van der Waals surface area contributed by atoms with Crippen LogP contribution in [0.3, 0.4) is 0 Å².